The zero-order chi connectivity index (χ0) is 16.0. The number of fused-ring (bicyclic) bond motifs is 3. The average molecular weight is 309 g/mol. The summed E-state index contributed by atoms with van der Waals surface area (Å²) in [6.45, 7) is 8.56. The van der Waals surface area contributed by atoms with E-state index >= 15 is 0 Å². The summed E-state index contributed by atoms with van der Waals surface area (Å²) in [5.41, 5.74) is 3.16. The van der Waals surface area contributed by atoms with Gasteiger partial charge in [-0.25, -0.2) is 9.38 Å². The Hall–Kier alpha value is -2.17. The molecule has 1 saturated heterocycles. The summed E-state index contributed by atoms with van der Waals surface area (Å²) in [4.78, 5) is 7.39. The number of hydrogen-bond acceptors (Lipinski definition) is 4. The van der Waals surface area contributed by atoms with E-state index in [1.807, 2.05) is 0 Å². The second-order valence-corrected chi connectivity index (χ2v) is 6.85. The summed E-state index contributed by atoms with van der Waals surface area (Å²) in [5, 5.41) is 10.1. The minimum atomic E-state index is 0.317. The third-order valence-electron chi connectivity index (χ3n) is 4.66. The summed E-state index contributed by atoms with van der Waals surface area (Å²) in [6.07, 6.45) is 3.77. The molecule has 4 rings (SSSR count). The van der Waals surface area contributed by atoms with Crippen molar-refractivity contribution in [3.63, 3.8) is 0 Å². The van der Waals surface area contributed by atoms with E-state index in [0.29, 0.717) is 5.92 Å². The first-order valence-electron chi connectivity index (χ1n) is 8.55. The molecule has 0 radical (unpaired) electrons. The van der Waals surface area contributed by atoms with Gasteiger partial charge in [0.15, 0.2) is 5.65 Å². The van der Waals surface area contributed by atoms with Crippen molar-refractivity contribution in [2.24, 2.45) is 0 Å². The van der Waals surface area contributed by atoms with Gasteiger partial charge >= 0.3 is 0 Å². The Labute approximate surface area is 136 Å². The molecule has 0 N–H and O–H groups in total. The third kappa shape index (κ3) is 2.35. The SMILES string of the molecule is Cc1ccc2nc(N3CCCCC3)n3c(C(C)C)nnc3c2c1. The Morgan fingerprint density at radius 2 is 1.83 bits per heavy atom. The molecule has 0 aliphatic carbocycles. The summed E-state index contributed by atoms with van der Waals surface area (Å²) >= 11 is 0. The fraction of sp³-hybridized carbons (Fsp3) is 0.500. The highest BCUT2D eigenvalue weighted by Gasteiger charge is 2.22. The van der Waals surface area contributed by atoms with E-state index in [4.69, 9.17) is 4.98 Å². The molecule has 3 heterocycles. The number of hydrogen-bond donors (Lipinski definition) is 0. The Balaban J connectivity index is 2.04. The van der Waals surface area contributed by atoms with Crippen molar-refractivity contribution in [3.05, 3.63) is 29.6 Å². The van der Waals surface area contributed by atoms with Crippen LogP contribution in [0.5, 0.6) is 0 Å². The van der Waals surface area contributed by atoms with Gasteiger partial charge in [-0.3, -0.25) is 0 Å². The van der Waals surface area contributed by atoms with Crippen molar-refractivity contribution in [3.8, 4) is 0 Å². The lowest BCUT2D eigenvalue weighted by Gasteiger charge is -2.28. The lowest BCUT2D eigenvalue weighted by Crippen LogP contribution is -2.32. The number of aromatic nitrogens is 4. The summed E-state index contributed by atoms with van der Waals surface area (Å²) < 4.78 is 2.18. The third-order valence-corrected chi connectivity index (χ3v) is 4.66. The molecule has 5 heteroatoms. The monoisotopic (exact) mass is 309 g/mol. The summed E-state index contributed by atoms with van der Waals surface area (Å²) in [6, 6.07) is 6.38. The maximum atomic E-state index is 4.99. The van der Waals surface area contributed by atoms with E-state index in [1.165, 1.54) is 24.8 Å². The van der Waals surface area contributed by atoms with Gasteiger partial charge in [0.25, 0.3) is 0 Å². The number of rotatable bonds is 2. The van der Waals surface area contributed by atoms with Crippen molar-refractivity contribution in [2.75, 3.05) is 18.0 Å². The highest BCUT2D eigenvalue weighted by Crippen LogP contribution is 2.28. The van der Waals surface area contributed by atoms with Gasteiger partial charge in [0.2, 0.25) is 5.95 Å². The van der Waals surface area contributed by atoms with Gasteiger partial charge in [0, 0.05) is 24.4 Å². The lowest BCUT2D eigenvalue weighted by atomic mass is 10.1. The van der Waals surface area contributed by atoms with E-state index in [2.05, 4.69) is 58.5 Å². The molecule has 1 aliphatic rings. The Bertz CT molecular complexity index is 859. The van der Waals surface area contributed by atoms with Gasteiger partial charge in [-0.2, -0.15) is 0 Å². The smallest absolute Gasteiger partial charge is 0.213 e. The van der Waals surface area contributed by atoms with Crippen LogP contribution >= 0.6 is 0 Å². The van der Waals surface area contributed by atoms with Crippen LogP contribution in [0.2, 0.25) is 0 Å². The fourth-order valence-corrected chi connectivity index (χ4v) is 3.43. The Kier molecular flexibility index (Phi) is 3.43. The second kappa shape index (κ2) is 5.48. The van der Waals surface area contributed by atoms with Crippen LogP contribution < -0.4 is 4.90 Å². The molecular formula is C18H23N5. The maximum Gasteiger partial charge on any atom is 0.213 e. The summed E-state index contributed by atoms with van der Waals surface area (Å²) in [7, 11) is 0. The first kappa shape index (κ1) is 14.4. The van der Waals surface area contributed by atoms with E-state index in [0.717, 1.165) is 41.4 Å². The van der Waals surface area contributed by atoms with Crippen LogP contribution in [0.4, 0.5) is 5.95 Å². The molecule has 3 aromatic rings. The molecule has 0 saturated carbocycles. The predicted octanol–water partition coefficient (Wildman–Crippen LogP) is 3.70. The number of anilines is 1. The molecule has 0 spiro atoms. The molecule has 1 aliphatic heterocycles. The summed E-state index contributed by atoms with van der Waals surface area (Å²) in [5.74, 6) is 2.32. The van der Waals surface area contributed by atoms with Crippen molar-refractivity contribution in [2.45, 2.75) is 46.0 Å². The van der Waals surface area contributed by atoms with Gasteiger partial charge in [0.05, 0.1) is 5.52 Å². The molecule has 1 fully saturated rings. The average Bonchev–Trinajstić information content (AvgIpc) is 3.00. The fourth-order valence-electron chi connectivity index (χ4n) is 3.43. The van der Waals surface area contributed by atoms with E-state index < -0.39 is 0 Å². The van der Waals surface area contributed by atoms with Crippen molar-refractivity contribution < 1.29 is 0 Å². The molecule has 2 aromatic heterocycles. The second-order valence-electron chi connectivity index (χ2n) is 6.85. The molecule has 0 bridgehead atoms. The molecule has 0 atom stereocenters. The first-order valence-corrected chi connectivity index (χ1v) is 8.55. The van der Waals surface area contributed by atoms with Crippen LogP contribution in [0.25, 0.3) is 16.6 Å². The number of nitrogens with zero attached hydrogens (tertiary/aromatic N) is 5. The molecule has 1 aromatic carbocycles. The number of benzene rings is 1. The topological polar surface area (TPSA) is 46.3 Å². The largest absolute Gasteiger partial charge is 0.342 e. The molecule has 5 nitrogen and oxygen atoms in total. The quantitative estimate of drug-likeness (QED) is 0.724. The zero-order valence-electron chi connectivity index (χ0n) is 14.1. The Morgan fingerprint density at radius 3 is 2.57 bits per heavy atom. The van der Waals surface area contributed by atoms with E-state index in [-0.39, 0.29) is 0 Å². The number of piperidine rings is 1. The van der Waals surface area contributed by atoms with Gasteiger partial charge in [0.1, 0.15) is 5.82 Å². The zero-order valence-corrected chi connectivity index (χ0v) is 14.1. The first-order chi connectivity index (χ1) is 11.1. The standard InChI is InChI=1S/C18H23N5/c1-12(2)16-20-21-17-14-11-13(3)7-8-15(14)19-18(23(16)17)22-9-5-4-6-10-22/h7-8,11-12H,4-6,9-10H2,1-3H3. The minimum Gasteiger partial charge on any atom is -0.342 e. The van der Waals surface area contributed by atoms with E-state index in [9.17, 15) is 0 Å². The van der Waals surface area contributed by atoms with Crippen molar-refractivity contribution in [1.82, 2.24) is 19.6 Å². The highest BCUT2D eigenvalue weighted by atomic mass is 15.4. The predicted molar refractivity (Wildman–Crippen MR) is 93.2 cm³/mol. The van der Waals surface area contributed by atoms with Crippen molar-refractivity contribution >= 4 is 22.5 Å². The van der Waals surface area contributed by atoms with Crippen LogP contribution in [0.15, 0.2) is 18.2 Å². The van der Waals surface area contributed by atoms with Crippen LogP contribution in [-0.2, 0) is 0 Å². The molecule has 0 amide bonds. The van der Waals surface area contributed by atoms with Gasteiger partial charge in [-0.05, 0) is 38.3 Å². The van der Waals surface area contributed by atoms with Gasteiger partial charge in [-0.1, -0.05) is 25.5 Å². The highest BCUT2D eigenvalue weighted by molar-refractivity contribution is 5.93. The minimum absolute atomic E-state index is 0.317. The maximum absolute atomic E-state index is 4.99. The lowest BCUT2D eigenvalue weighted by molar-refractivity contribution is 0.564. The molecule has 0 unspecified atom stereocenters. The number of aryl methyl sites for hydroxylation is 1. The normalized spacial score (nSPS) is 15.9. The van der Waals surface area contributed by atoms with Crippen LogP contribution in [-0.4, -0.2) is 32.7 Å². The van der Waals surface area contributed by atoms with Crippen molar-refractivity contribution in [1.29, 1.82) is 0 Å². The molecule has 23 heavy (non-hydrogen) atoms. The van der Waals surface area contributed by atoms with Gasteiger partial charge < -0.3 is 4.90 Å². The van der Waals surface area contributed by atoms with Crippen LogP contribution in [0.1, 0.15) is 50.4 Å². The molecule has 120 valence electrons. The van der Waals surface area contributed by atoms with E-state index in [1.54, 1.807) is 0 Å². The van der Waals surface area contributed by atoms with Crippen LogP contribution in [0, 0.1) is 6.92 Å². The molecular weight excluding hydrogens is 286 g/mol. The van der Waals surface area contributed by atoms with Gasteiger partial charge in [-0.15, -0.1) is 10.2 Å². The Morgan fingerprint density at radius 1 is 1.04 bits per heavy atom. The van der Waals surface area contributed by atoms with Crippen LogP contribution in [0.3, 0.4) is 0 Å².